The summed E-state index contributed by atoms with van der Waals surface area (Å²) in [6.45, 7) is 0.303. The van der Waals surface area contributed by atoms with E-state index < -0.39 is 5.97 Å². The van der Waals surface area contributed by atoms with Crippen LogP contribution < -0.4 is 0 Å². The van der Waals surface area contributed by atoms with Gasteiger partial charge in [-0.3, -0.25) is 0 Å². The number of carbonyl (C=O) groups is 1. The highest BCUT2D eigenvalue weighted by Crippen LogP contribution is 2.21. The molecule has 1 N–H and O–H groups in total. The van der Waals surface area contributed by atoms with E-state index in [1.54, 1.807) is 24.3 Å². The van der Waals surface area contributed by atoms with E-state index in [-0.39, 0.29) is 5.56 Å². The number of hydrogen-bond donors (Lipinski definition) is 1. The summed E-state index contributed by atoms with van der Waals surface area (Å²) in [6, 6.07) is 14.3. The van der Waals surface area contributed by atoms with Gasteiger partial charge in [-0.25, -0.2) is 4.79 Å². The number of azide groups is 1. The summed E-state index contributed by atoms with van der Waals surface area (Å²) < 4.78 is 0. The Bertz CT molecular complexity index is 644. The van der Waals surface area contributed by atoms with Crippen LogP contribution in [0, 0.1) is 0 Å². The first-order chi connectivity index (χ1) is 9.20. The maximum atomic E-state index is 10.8. The van der Waals surface area contributed by atoms with Crippen LogP contribution >= 0.6 is 0 Å². The van der Waals surface area contributed by atoms with Crippen molar-refractivity contribution in [1.82, 2.24) is 0 Å². The molecule has 0 aromatic heterocycles. The molecule has 0 aliphatic rings. The van der Waals surface area contributed by atoms with Crippen molar-refractivity contribution in [3.63, 3.8) is 0 Å². The Labute approximate surface area is 109 Å². The summed E-state index contributed by atoms with van der Waals surface area (Å²) in [4.78, 5) is 13.5. The third-order valence-electron chi connectivity index (χ3n) is 2.71. The molecular weight excluding hydrogens is 242 g/mol. The molecule has 19 heavy (non-hydrogen) atoms. The Hall–Kier alpha value is -2.78. The third-order valence-corrected chi connectivity index (χ3v) is 2.71. The van der Waals surface area contributed by atoms with Crippen molar-refractivity contribution >= 4 is 5.97 Å². The van der Waals surface area contributed by atoms with Gasteiger partial charge < -0.3 is 5.11 Å². The number of rotatable bonds is 4. The lowest BCUT2D eigenvalue weighted by atomic mass is 10.0. The molecule has 0 unspecified atom stereocenters. The van der Waals surface area contributed by atoms with Crippen LogP contribution in [0.1, 0.15) is 15.9 Å². The fourth-order valence-electron chi connectivity index (χ4n) is 1.77. The summed E-state index contributed by atoms with van der Waals surface area (Å²) >= 11 is 0. The number of carboxylic acids is 1. The van der Waals surface area contributed by atoms with Gasteiger partial charge in [0.1, 0.15) is 0 Å². The van der Waals surface area contributed by atoms with Crippen LogP contribution in [0.15, 0.2) is 53.6 Å². The number of benzene rings is 2. The Morgan fingerprint density at radius 1 is 1.16 bits per heavy atom. The minimum absolute atomic E-state index is 0.258. The topological polar surface area (TPSA) is 86.1 Å². The Balaban J connectivity index is 2.30. The van der Waals surface area contributed by atoms with Crippen LogP contribution in [0.4, 0.5) is 0 Å². The van der Waals surface area contributed by atoms with E-state index >= 15 is 0 Å². The molecule has 0 fully saturated rings. The van der Waals surface area contributed by atoms with E-state index in [4.69, 9.17) is 10.6 Å². The molecule has 2 aromatic rings. The predicted octanol–water partition coefficient (Wildman–Crippen LogP) is 3.86. The smallest absolute Gasteiger partial charge is 0.335 e. The van der Waals surface area contributed by atoms with Crippen LogP contribution in [0.25, 0.3) is 21.6 Å². The van der Waals surface area contributed by atoms with Gasteiger partial charge in [0.05, 0.1) is 12.1 Å². The van der Waals surface area contributed by atoms with Crippen molar-refractivity contribution in [3.8, 4) is 11.1 Å². The highest BCUT2D eigenvalue weighted by atomic mass is 16.4. The third kappa shape index (κ3) is 3.12. The van der Waals surface area contributed by atoms with Crippen LogP contribution in [-0.4, -0.2) is 11.1 Å². The first kappa shape index (κ1) is 12.7. The molecule has 0 saturated carbocycles. The summed E-state index contributed by atoms with van der Waals surface area (Å²) in [7, 11) is 0. The number of hydrogen-bond acceptors (Lipinski definition) is 2. The lowest BCUT2D eigenvalue weighted by Gasteiger charge is -2.04. The molecule has 0 aliphatic heterocycles. The molecular formula is C14H11N3O2. The Morgan fingerprint density at radius 2 is 1.89 bits per heavy atom. The molecule has 0 bridgehead atoms. The van der Waals surface area contributed by atoms with Crippen molar-refractivity contribution in [2.45, 2.75) is 6.54 Å². The summed E-state index contributed by atoms with van der Waals surface area (Å²) in [5.41, 5.74) is 11.4. The van der Waals surface area contributed by atoms with Crippen molar-refractivity contribution in [1.29, 1.82) is 0 Å². The molecule has 0 spiro atoms. The van der Waals surface area contributed by atoms with Gasteiger partial charge in [-0.05, 0) is 34.4 Å². The molecule has 0 saturated heterocycles. The second-order valence-corrected chi connectivity index (χ2v) is 3.97. The van der Waals surface area contributed by atoms with Gasteiger partial charge in [0.2, 0.25) is 0 Å². The first-order valence-electron chi connectivity index (χ1n) is 5.64. The van der Waals surface area contributed by atoms with Crippen LogP contribution in [0.2, 0.25) is 0 Å². The average Bonchev–Trinajstić information content (AvgIpc) is 2.45. The number of carboxylic acid groups (broad SMARTS) is 1. The lowest BCUT2D eigenvalue weighted by molar-refractivity contribution is 0.0697. The lowest BCUT2D eigenvalue weighted by Crippen LogP contribution is -1.95. The van der Waals surface area contributed by atoms with E-state index in [2.05, 4.69) is 10.0 Å². The Morgan fingerprint density at radius 3 is 2.53 bits per heavy atom. The molecule has 5 heteroatoms. The van der Waals surface area contributed by atoms with Crippen LogP contribution in [0.3, 0.4) is 0 Å². The normalized spacial score (nSPS) is 9.68. The largest absolute Gasteiger partial charge is 0.478 e. The molecule has 2 rings (SSSR count). The second-order valence-electron chi connectivity index (χ2n) is 3.97. The maximum absolute atomic E-state index is 10.8. The van der Waals surface area contributed by atoms with E-state index in [0.717, 1.165) is 16.7 Å². The molecule has 5 nitrogen and oxygen atoms in total. The van der Waals surface area contributed by atoms with E-state index in [0.29, 0.717) is 6.54 Å². The SMILES string of the molecule is [N-]=[N+]=NCc1cccc(-c2ccc(C(=O)O)cc2)c1. The minimum atomic E-state index is -0.941. The molecule has 0 amide bonds. The zero-order chi connectivity index (χ0) is 13.7. The average molecular weight is 253 g/mol. The van der Waals surface area contributed by atoms with E-state index in [1.165, 1.54) is 0 Å². The first-order valence-corrected chi connectivity index (χ1v) is 5.64. The fourth-order valence-corrected chi connectivity index (χ4v) is 1.77. The fraction of sp³-hybridized carbons (Fsp3) is 0.0714. The second kappa shape index (κ2) is 5.71. The van der Waals surface area contributed by atoms with Gasteiger partial charge in [0.15, 0.2) is 0 Å². The molecule has 0 heterocycles. The van der Waals surface area contributed by atoms with Gasteiger partial charge in [0.25, 0.3) is 0 Å². The monoisotopic (exact) mass is 253 g/mol. The van der Waals surface area contributed by atoms with Gasteiger partial charge in [0, 0.05) is 4.91 Å². The van der Waals surface area contributed by atoms with Crippen molar-refractivity contribution in [2.75, 3.05) is 0 Å². The maximum Gasteiger partial charge on any atom is 0.335 e. The van der Waals surface area contributed by atoms with Crippen molar-refractivity contribution in [2.24, 2.45) is 5.11 Å². The van der Waals surface area contributed by atoms with Gasteiger partial charge in [-0.2, -0.15) is 0 Å². The summed E-state index contributed by atoms with van der Waals surface area (Å²) in [5.74, 6) is -0.941. The zero-order valence-corrected chi connectivity index (χ0v) is 10.0. The van der Waals surface area contributed by atoms with Crippen LogP contribution in [0.5, 0.6) is 0 Å². The molecule has 0 atom stereocenters. The van der Waals surface area contributed by atoms with Crippen molar-refractivity contribution in [3.05, 3.63) is 70.1 Å². The molecule has 0 radical (unpaired) electrons. The standard InChI is InChI=1S/C14H11N3O2/c15-17-16-9-10-2-1-3-13(8-10)11-4-6-12(7-5-11)14(18)19/h1-8H,9H2,(H,18,19). The van der Waals surface area contributed by atoms with E-state index in [1.807, 2.05) is 24.3 Å². The number of nitrogens with zero attached hydrogens (tertiary/aromatic N) is 3. The number of aromatic carboxylic acids is 1. The quantitative estimate of drug-likeness (QED) is 0.509. The molecule has 94 valence electrons. The van der Waals surface area contributed by atoms with Gasteiger partial charge in [-0.1, -0.05) is 41.5 Å². The summed E-state index contributed by atoms with van der Waals surface area (Å²) in [5, 5.41) is 12.4. The highest BCUT2D eigenvalue weighted by Gasteiger charge is 2.03. The molecule has 2 aromatic carbocycles. The highest BCUT2D eigenvalue weighted by molar-refractivity contribution is 5.88. The van der Waals surface area contributed by atoms with E-state index in [9.17, 15) is 4.79 Å². The predicted molar refractivity (Wildman–Crippen MR) is 71.7 cm³/mol. The zero-order valence-electron chi connectivity index (χ0n) is 10.0. The Kier molecular flexibility index (Phi) is 3.81. The summed E-state index contributed by atoms with van der Waals surface area (Å²) in [6.07, 6.45) is 0. The van der Waals surface area contributed by atoms with Crippen molar-refractivity contribution < 1.29 is 9.90 Å². The van der Waals surface area contributed by atoms with Gasteiger partial charge in [-0.15, -0.1) is 0 Å². The molecule has 0 aliphatic carbocycles. The minimum Gasteiger partial charge on any atom is -0.478 e. The van der Waals surface area contributed by atoms with Crippen LogP contribution in [-0.2, 0) is 6.54 Å². The van der Waals surface area contributed by atoms with Gasteiger partial charge >= 0.3 is 5.97 Å².